The normalized spacial score (nSPS) is 10.5. The summed E-state index contributed by atoms with van der Waals surface area (Å²) >= 11 is 0. The molecule has 0 saturated heterocycles. The van der Waals surface area contributed by atoms with Gasteiger partial charge in [-0.3, -0.25) is 9.78 Å². The van der Waals surface area contributed by atoms with Crippen molar-refractivity contribution in [2.75, 3.05) is 5.32 Å². The van der Waals surface area contributed by atoms with E-state index in [1.165, 1.54) is 0 Å². The molecular weight excluding hydrogens is 292 g/mol. The Labute approximate surface area is 133 Å². The van der Waals surface area contributed by atoms with Crippen molar-refractivity contribution in [1.82, 2.24) is 25.2 Å². The minimum absolute atomic E-state index is 0.214. The molecule has 1 amide bonds. The molecule has 1 N–H and O–H groups in total. The maximum atomic E-state index is 12.5. The van der Waals surface area contributed by atoms with Crippen molar-refractivity contribution in [2.24, 2.45) is 0 Å². The summed E-state index contributed by atoms with van der Waals surface area (Å²) in [7, 11) is 0. The number of pyridine rings is 1. The largest absolute Gasteiger partial charge is 0.320 e. The zero-order chi connectivity index (χ0) is 16.2. The second-order valence-electron chi connectivity index (χ2n) is 4.97. The highest BCUT2D eigenvalue weighted by atomic mass is 16.1. The lowest BCUT2D eigenvalue weighted by Gasteiger charge is -2.12. The van der Waals surface area contributed by atoms with Gasteiger partial charge < -0.3 is 5.32 Å². The first-order valence-corrected chi connectivity index (χ1v) is 7.30. The van der Waals surface area contributed by atoms with Crippen LogP contribution in [-0.2, 0) is 6.42 Å². The Morgan fingerprint density at radius 1 is 1.22 bits per heavy atom. The highest BCUT2D eigenvalue weighted by Crippen LogP contribution is 2.21. The molecule has 7 heteroatoms. The quantitative estimate of drug-likeness (QED) is 0.798. The number of para-hydroxylation sites is 2. The number of tetrazole rings is 1. The van der Waals surface area contributed by atoms with Crippen LogP contribution in [0.15, 0.2) is 42.6 Å². The number of nitrogens with zero attached hydrogens (tertiary/aromatic N) is 5. The molecule has 0 unspecified atom stereocenters. The molecule has 0 aliphatic heterocycles. The van der Waals surface area contributed by atoms with E-state index in [1.807, 2.05) is 31.2 Å². The van der Waals surface area contributed by atoms with Gasteiger partial charge in [0.1, 0.15) is 0 Å². The summed E-state index contributed by atoms with van der Waals surface area (Å²) in [5, 5.41) is 14.6. The molecule has 2 aromatic heterocycles. The van der Waals surface area contributed by atoms with Crippen molar-refractivity contribution in [3.05, 3.63) is 59.7 Å². The van der Waals surface area contributed by atoms with Gasteiger partial charge in [0.2, 0.25) is 0 Å². The number of anilines is 1. The number of aryl methyl sites for hydroxylation is 2. The smallest absolute Gasteiger partial charge is 0.257 e. The molecule has 0 spiro atoms. The van der Waals surface area contributed by atoms with Crippen LogP contribution >= 0.6 is 0 Å². The van der Waals surface area contributed by atoms with E-state index in [4.69, 9.17) is 0 Å². The van der Waals surface area contributed by atoms with Gasteiger partial charge >= 0.3 is 0 Å². The van der Waals surface area contributed by atoms with Crippen LogP contribution in [0.1, 0.15) is 28.8 Å². The Morgan fingerprint density at radius 3 is 2.83 bits per heavy atom. The number of amides is 1. The molecule has 0 saturated carbocycles. The molecule has 3 rings (SSSR count). The molecule has 0 aliphatic carbocycles. The molecule has 23 heavy (non-hydrogen) atoms. The second-order valence-corrected chi connectivity index (χ2v) is 4.97. The Hall–Kier alpha value is -3.09. The average molecular weight is 308 g/mol. The fourth-order valence-corrected chi connectivity index (χ4v) is 2.29. The lowest BCUT2D eigenvalue weighted by Crippen LogP contribution is -2.16. The summed E-state index contributed by atoms with van der Waals surface area (Å²) in [6, 6.07) is 10.9. The van der Waals surface area contributed by atoms with Crippen molar-refractivity contribution in [2.45, 2.75) is 20.3 Å². The van der Waals surface area contributed by atoms with E-state index in [0.717, 1.165) is 11.5 Å². The Bertz CT molecular complexity index is 842. The first kappa shape index (κ1) is 14.8. The average Bonchev–Trinajstić information content (AvgIpc) is 3.04. The molecule has 0 atom stereocenters. The number of carbonyl (C=O) groups excluding carboxylic acids is 1. The fourth-order valence-electron chi connectivity index (χ4n) is 2.29. The Kier molecular flexibility index (Phi) is 4.09. The molecule has 116 valence electrons. The van der Waals surface area contributed by atoms with Crippen LogP contribution in [0.2, 0.25) is 0 Å². The van der Waals surface area contributed by atoms with Gasteiger partial charge in [0, 0.05) is 18.3 Å². The SMILES string of the molecule is CCc1nnnn1-c1ccccc1NC(=O)c1cccnc1C. The molecule has 0 radical (unpaired) electrons. The highest BCUT2D eigenvalue weighted by Gasteiger charge is 2.14. The maximum absolute atomic E-state index is 12.5. The molecule has 1 aromatic carbocycles. The van der Waals surface area contributed by atoms with E-state index < -0.39 is 0 Å². The minimum atomic E-state index is -0.214. The Morgan fingerprint density at radius 2 is 2.04 bits per heavy atom. The van der Waals surface area contributed by atoms with Crippen LogP contribution in [-0.4, -0.2) is 31.1 Å². The van der Waals surface area contributed by atoms with Crippen LogP contribution in [0.25, 0.3) is 5.69 Å². The zero-order valence-corrected chi connectivity index (χ0v) is 12.9. The molecule has 7 nitrogen and oxygen atoms in total. The van der Waals surface area contributed by atoms with E-state index in [-0.39, 0.29) is 5.91 Å². The van der Waals surface area contributed by atoms with Crippen molar-refractivity contribution < 1.29 is 4.79 Å². The lowest BCUT2D eigenvalue weighted by atomic mass is 10.2. The highest BCUT2D eigenvalue weighted by molar-refractivity contribution is 6.05. The summed E-state index contributed by atoms with van der Waals surface area (Å²) in [6.07, 6.45) is 2.35. The van der Waals surface area contributed by atoms with E-state index >= 15 is 0 Å². The van der Waals surface area contributed by atoms with Gasteiger partial charge in [-0.05, 0) is 41.6 Å². The molecule has 2 heterocycles. The van der Waals surface area contributed by atoms with E-state index in [2.05, 4.69) is 25.8 Å². The van der Waals surface area contributed by atoms with Crippen LogP contribution < -0.4 is 5.32 Å². The number of hydrogen-bond acceptors (Lipinski definition) is 5. The third-order valence-electron chi connectivity index (χ3n) is 3.48. The van der Waals surface area contributed by atoms with Gasteiger partial charge in [-0.25, -0.2) is 0 Å². The standard InChI is InChI=1S/C16H16N6O/c1-3-15-19-20-21-22(15)14-9-5-4-8-13(14)18-16(23)12-7-6-10-17-11(12)2/h4-10H,3H2,1-2H3,(H,18,23). The summed E-state index contributed by atoms with van der Waals surface area (Å²) in [5.74, 6) is 0.512. The second kappa shape index (κ2) is 6.35. The van der Waals surface area contributed by atoms with Crippen LogP contribution in [0.4, 0.5) is 5.69 Å². The summed E-state index contributed by atoms with van der Waals surface area (Å²) < 4.78 is 1.63. The van der Waals surface area contributed by atoms with E-state index in [0.29, 0.717) is 23.4 Å². The van der Waals surface area contributed by atoms with Crippen molar-refractivity contribution in [3.8, 4) is 5.69 Å². The van der Waals surface area contributed by atoms with Gasteiger partial charge in [-0.2, -0.15) is 4.68 Å². The number of carbonyl (C=O) groups is 1. The minimum Gasteiger partial charge on any atom is -0.320 e. The van der Waals surface area contributed by atoms with Crippen LogP contribution in [0.3, 0.4) is 0 Å². The van der Waals surface area contributed by atoms with Crippen LogP contribution in [0, 0.1) is 6.92 Å². The zero-order valence-electron chi connectivity index (χ0n) is 12.9. The van der Waals surface area contributed by atoms with Gasteiger partial charge in [0.25, 0.3) is 5.91 Å². The van der Waals surface area contributed by atoms with Gasteiger partial charge in [-0.1, -0.05) is 19.1 Å². The predicted octanol–water partition coefficient (Wildman–Crippen LogP) is 2.18. The van der Waals surface area contributed by atoms with Gasteiger partial charge in [0.05, 0.1) is 16.9 Å². The number of benzene rings is 1. The molecule has 0 bridgehead atoms. The van der Waals surface area contributed by atoms with Crippen LogP contribution in [0.5, 0.6) is 0 Å². The molecule has 0 aliphatic rings. The third-order valence-corrected chi connectivity index (χ3v) is 3.48. The fraction of sp³-hybridized carbons (Fsp3) is 0.188. The first-order chi connectivity index (χ1) is 11.2. The van der Waals surface area contributed by atoms with Crippen molar-refractivity contribution in [3.63, 3.8) is 0 Å². The maximum Gasteiger partial charge on any atom is 0.257 e. The van der Waals surface area contributed by atoms with Gasteiger partial charge in [-0.15, -0.1) is 5.10 Å². The van der Waals surface area contributed by atoms with E-state index in [1.54, 1.807) is 29.9 Å². The number of aromatic nitrogens is 5. The topological polar surface area (TPSA) is 85.6 Å². The van der Waals surface area contributed by atoms with Gasteiger partial charge in [0.15, 0.2) is 5.82 Å². The monoisotopic (exact) mass is 308 g/mol. The summed E-state index contributed by atoms with van der Waals surface area (Å²) in [4.78, 5) is 16.6. The number of hydrogen-bond donors (Lipinski definition) is 1. The predicted molar refractivity (Wildman–Crippen MR) is 85.5 cm³/mol. The van der Waals surface area contributed by atoms with E-state index in [9.17, 15) is 4.79 Å². The molecule has 3 aromatic rings. The molecule has 0 fully saturated rings. The number of rotatable bonds is 4. The first-order valence-electron chi connectivity index (χ1n) is 7.30. The van der Waals surface area contributed by atoms with Crippen molar-refractivity contribution >= 4 is 11.6 Å². The molecular formula is C16H16N6O. The summed E-state index contributed by atoms with van der Waals surface area (Å²) in [6.45, 7) is 3.78. The Balaban J connectivity index is 1.96. The van der Waals surface area contributed by atoms with Crippen molar-refractivity contribution in [1.29, 1.82) is 0 Å². The third kappa shape index (κ3) is 2.94. The lowest BCUT2D eigenvalue weighted by molar-refractivity contribution is 0.102. The summed E-state index contributed by atoms with van der Waals surface area (Å²) in [5.41, 5.74) is 2.58. The number of nitrogens with one attached hydrogen (secondary N) is 1.